The van der Waals surface area contributed by atoms with Crippen molar-refractivity contribution >= 4 is 17.3 Å². The van der Waals surface area contributed by atoms with Gasteiger partial charge in [-0.15, -0.1) is 5.10 Å². The molecule has 0 unspecified atom stereocenters. The largest absolute Gasteiger partial charge is 0.305 e. The van der Waals surface area contributed by atoms with Crippen LogP contribution in [0.4, 0.5) is 11.4 Å². The molecule has 0 saturated carbocycles. The molecule has 2 heterocycles. The highest BCUT2D eigenvalue weighted by Crippen LogP contribution is 2.31. The zero-order chi connectivity index (χ0) is 18.2. The van der Waals surface area contributed by atoms with Gasteiger partial charge in [0, 0.05) is 18.7 Å². The Kier molecular flexibility index (Phi) is 4.28. The Balaban J connectivity index is 1.99. The monoisotopic (exact) mass is 343 g/mol. The number of aryl methyl sites for hydroxylation is 1. The molecule has 1 aromatic heterocycles. The molecule has 8 heteroatoms. The van der Waals surface area contributed by atoms with E-state index in [0.29, 0.717) is 12.2 Å². The maximum absolute atomic E-state index is 13.0. The number of nitro benzene ring substituents is 1. The number of fused-ring (bicyclic) bond motifs is 1. The molecule has 1 amide bonds. The zero-order valence-electron chi connectivity index (χ0n) is 14.6. The number of aromatic nitrogens is 3. The van der Waals surface area contributed by atoms with Crippen molar-refractivity contribution in [2.75, 3.05) is 11.4 Å². The Bertz CT molecular complexity index is 822. The molecule has 0 radical (unpaired) electrons. The average molecular weight is 343 g/mol. The van der Waals surface area contributed by atoms with Gasteiger partial charge in [0.15, 0.2) is 0 Å². The van der Waals surface area contributed by atoms with E-state index in [9.17, 15) is 14.9 Å². The van der Waals surface area contributed by atoms with Crippen LogP contribution in [-0.2, 0) is 12.0 Å². The second-order valence-electron chi connectivity index (χ2n) is 7.17. The normalized spacial score (nSPS) is 14.8. The Hall–Kier alpha value is -2.77. The SMILES string of the molecule is CC(C)(C)n1cnc(C(=O)N2CCCCc3ccc([N+](=O)[O-])cc32)n1. The Morgan fingerprint density at radius 3 is 2.68 bits per heavy atom. The van der Waals surface area contributed by atoms with Crippen LogP contribution in [0.2, 0.25) is 0 Å². The Morgan fingerprint density at radius 2 is 2.04 bits per heavy atom. The van der Waals surface area contributed by atoms with Gasteiger partial charge >= 0.3 is 0 Å². The van der Waals surface area contributed by atoms with Crippen LogP contribution in [0, 0.1) is 10.1 Å². The van der Waals surface area contributed by atoms with Gasteiger partial charge in [-0.05, 0) is 45.6 Å². The molecule has 1 aromatic carbocycles. The van der Waals surface area contributed by atoms with Crippen LogP contribution < -0.4 is 4.90 Å². The molecular formula is C17H21N5O3. The van der Waals surface area contributed by atoms with Crippen LogP contribution in [0.1, 0.15) is 49.8 Å². The molecule has 1 aliphatic heterocycles. The molecule has 25 heavy (non-hydrogen) atoms. The fourth-order valence-corrected chi connectivity index (χ4v) is 2.85. The fraction of sp³-hybridized carbons (Fsp3) is 0.471. The van der Waals surface area contributed by atoms with Gasteiger partial charge in [0.2, 0.25) is 5.82 Å². The molecule has 0 spiro atoms. The average Bonchev–Trinajstić information content (AvgIpc) is 2.96. The van der Waals surface area contributed by atoms with Crippen molar-refractivity contribution in [3.63, 3.8) is 0 Å². The lowest BCUT2D eigenvalue weighted by Gasteiger charge is -2.21. The smallest absolute Gasteiger partial charge is 0.297 e. The van der Waals surface area contributed by atoms with Crippen LogP contribution in [0.3, 0.4) is 0 Å². The Labute approximate surface area is 145 Å². The van der Waals surface area contributed by atoms with Gasteiger partial charge in [-0.1, -0.05) is 6.07 Å². The standard InChI is InChI=1S/C17H21N5O3/c1-17(2,3)21-11-18-15(19-21)16(23)20-9-5-4-6-12-7-8-13(22(24)25)10-14(12)20/h7-8,10-11H,4-6,9H2,1-3H3. The zero-order valence-corrected chi connectivity index (χ0v) is 14.6. The summed E-state index contributed by atoms with van der Waals surface area (Å²) in [7, 11) is 0. The molecule has 0 N–H and O–H groups in total. The molecule has 0 saturated heterocycles. The van der Waals surface area contributed by atoms with E-state index in [1.165, 1.54) is 12.1 Å². The lowest BCUT2D eigenvalue weighted by molar-refractivity contribution is -0.384. The topological polar surface area (TPSA) is 94.2 Å². The number of nitro groups is 1. The minimum Gasteiger partial charge on any atom is -0.305 e. The van der Waals surface area contributed by atoms with Crippen LogP contribution in [0.25, 0.3) is 0 Å². The minimum atomic E-state index is -0.444. The van der Waals surface area contributed by atoms with E-state index in [2.05, 4.69) is 10.1 Å². The summed E-state index contributed by atoms with van der Waals surface area (Å²) in [6.07, 6.45) is 4.09. The second-order valence-corrected chi connectivity index (χ2v) is 7.17. The van der Waals surface area contributed by atoms with E-state index < -0.39 is 4.92 Å². The summed E-state index contributed by atoms with van der Waals surface area (Å²) < 4.78 is 1.65. The van der Waals surface area contributed by atoms with Crippen LogP contribution in [0.5, 0.6) is 0 Å². The van der Waals surface area contributed by atoms with Crippen molar-refractivity contribution < 1.29 is 9.72 Å². The van der Waals surface area contributed by atoms with E-state index >= 15 is 0 Å². The van der Waals surface area contributed by atoms with Crippen molar-refractivity contribution in [1.29, 1.82) is 0 Å². The van der Waals surface area contributed by atoms with Crippen molar-refractivity contribution in [3.05, 3.63) is 46.0 Å². The molecule has 0 aliphatic carbocycles. The molecule has 132 valence electrons. The third-order valence-corrected chi connectivity index (χ3v) is 4.26. The van der Waals surface area contributed by atoms with E-state index in [0.717, 1.165) is 24.8 Å². The predicted octanol–water partition coefficient (Wildman–Crippen LogP) is 2.92. The number of hydrogen-bond acceptors (Lipinski definition) is 5. The van der Waals surface area contributed by atoms with E-state index in [-0.39, 0.29) is 23.0 Å². The Morgan fingerprint density at radius 1 is 1.28 bits per heavy atom. The second kappa shape index (κ2) is 6.27. The number of hydrogen-bond donors (Lipinski definition) is 0. The quantitative estimate of drug-likeness (QED) is 0.617. The molecule has 0 fully saturated rings. The molecule has 0 bridgehead atoms. The lowest BCUT2D eigenvalue weighted by Crippen LogP contribution is -2.33. The molecular weight excluding hydrogens is 322 g/mol. The summed E-state index contributed by atoms with van der Waals surface area (Å²) in [5.74, 6) is -0.221. The fourth-order valence-electron chi connectivity index (χ4n) is 2.85. The summed E-state index contributed by atoms with van der Waals surface area (Å²) in [6.45, 7) is 6.42. The van der Waals surface area contributed by atoms with Crippen LogP contribution in [0.15, 0.2) is 24.5 Å². The lowest BCUT2D eigenvalue weighted by atomic mass is 10.1. The maximum atomic E-state index is 13.0. The number of carbonyl (C=O) groups is 1. The van der Waals surface area contributed by atoms with Crippen molar-refractivity contribution in [2.45, 2.75) is 45.6 Å². The number of anilines is 1. The van der Waals surface area contributed by atoms with Crippen LogP contribution in [-0.4, -0.2) is 32.1 Å². The molecule has 2 aromatic rings. The summed E-state index contributed by atoms with van der Waals surface area (Å²) in [4.78, 5) is 29.3. The van der Waals surface area contributed by atoms with Gasteiger partial charge in [-0.3, -0.25) is 14.9 Å². The number of rotatable bonds is 2. The molecule has 3 rings (SSSR count). The summed E-state index contributed by atoms with van der Waals surface area (Å²) in [6, 6.07) is 4.69. The summed E-state index contributed by atoms with van der Waals surface area (Å²) in [5, 5.41) is 15.4. The summed E-state index contributed by atoms with van der Waals surface area (Å²) >= 11 is 0. The number of amides is 1. The van der Waals surface area contributed by atoms with Crippen molar-refractivity contribution in [1.82, 2.24) is 14.8 Å². The summed E-state index contributed by atoms with van der Waals surface area (Å²) in [5.41, 5.74) is 1.23. The minimum absolute atomic E-state index is 0.0216. The number of nitrogens with zero attached hydrogens (tertiary/aromatic N) is 5. The highest BCUT2D eigenvalue weighted by Gasteiger charge is 2.27. The van der Waals surface area contributed by atoms with Crippen LogP contribution >= 0.6 is 0 Å². The maximum Gasteiger partial charge on any atom is 0.297 e. The first-order chi connectivity index (χ1) is 11.8. The van der Waals surface area contributed by atoms with Gasteiger partial charge in [0.05, 0.1) is 16.1 Å². The van der Waals surface area contributed by atoms with Gasteiger partial charge in [0.1, 0.15) is 6.33 Å². The van der Waals surface area contributed by atoms with Gasteiger partial charge in [-0.25, -0.2) is 9.67 Å². The number of non-ortho nitro benzene ring substituents is 1. The molecule has 1 aliphatic rings. The highest BCUT2D eigenvalue weighted by molar-refractivity contribution is 6.04. The number of carbonyl (C=O) groups excluding carboxylic acids is 1. The van der Waals surface area contributed by atoms with E-state index in [1.807, 2.05) is 20.8 Å². The predicted molar refractivity (Wildman–Crippen MR) is 92.7 cm³/mol. The van der Waals surface area contributed by atoms with E-state index in [1.54, 1.807) is 22.0 Å². The van der Waals surface area contributed by atoms with Crippen molar-refractivity contribution in [2.24, 2.45) is 0 Å². The first-order valence-electron chi connectivity index (χ1n) is 8.29. The first-order valence-corrected chi connectivity index (χ1v) is 8.29. The third-order valence-electron chi connectivity index (χ3n) is 4.26. The first kappa shape index (κ1) is 17.1. The van der Waals surface area contributed by atoms with Crippen molar-refractivity contribution in [3.8, 4) is 0 Å². The van der Waals surface area contributed by atoms with Gasteiger partial charge < -0.3 is 4.90 Å². The highest BCUT2D eigenvalue weighted by atomic mass is 16.6. The molecule has 0 atom stereocenters. The third kappa shape index (κ3) is 3.38. The van der Waals surface area contributed by atoms with Gasteiger partial charge in [0.25, 0.3) is 11.6 Å². The number of benzene rings is 1. The molecule has 8 nitrogen and oxygen atoms in total. The van der Waals surface area contributed by atoms with E-state index in [4.69, 9.17) is 0 Å². The van der Waals surface area contributed by atoms with Gasteiger partial charge in [-0.2, -0.15) is 0 Å².